The Kier molecular flexibility index (Phi) is 3.72. The number of nitrogens with two attached hydrogens (primary N) is 1. The van der Waals surface area contributed by atoms with E-state index in [1.54, 1.807) is 18.2 Å². The maximum atomic E-state index is 11.9. The lowest BCUT2D eigenvalue weighted by Gasteiger charge is -2.07. The molecule has 18 heavy (non-hydrogen) atoms. The predicted molar refractivity (Wildman–Crippen MR) is 75.1 cm³/mol. The van der Waals surface area contributed by atoms with Gasteiger partial charge in [0.2, 0.25) is 0 Å². The molecule has 0 aliphatic carbocycles. The van der Waals surface area contributed by atoms with E-state index in [9.17, 15) is 4.79 Å². The second-order valence-corrected chi connectivity index (χ2v) is 4.88. The Morgan fingerprint density at radius 1 is 1.44 bits per heavy atom. The Labute approximate surface area is 114 Å². The third-order valence-electron chi connectivity index (χ3n) is 2.74. The van der Waals surface area contributed by atoms with Crippen LogP contribution in [0.3, 0.4) is 0 Å². The zero-order valence-corrected chi connectivity index (χ0v) is 11.6. The molecule has 5 heteroatoms. The molecule has 0 saturated carbocycles. The van der Waals surface area contributed by atoms with E-state index in [0.29, 0.717) is 17.8 Å². The molecule has 1 heterocycles. The molecule has 0 radical (unpaired) electrons. The number of carbonyl (C=O) groups is 1. The molecule has 0 spiro atoms. The summed E-state index contributed by atoms with van der Waals surface area (Å²) in [7, 11) is 1.94. The first-order valence-electron chi connectivity index (χ1n) is 5.51. The van der Waals surface area contributed by atoms with Gasteiger partial charge in [-0.15, -0.1) is 0 Å². The van der Waals surface area contributed by atoms with Crippen LogP contribution < -0.4 is 11.1 Å². The van der Waals surface area contributed by atoms with Gasteiger partial charge in [-0.05, 0) is 46.3 Å². The summed E-state index contributed by atoms with van der Waals surface area (Å²) in [5.41, 5.74) is 7.91. The molecule has 94 valence electrons. The van der Waals surface area contributed by atoms with Gasteiger partial charge in [0.15, 0.2) is 0 Å². The number of carbonyl (C=O) groups excluding carboxylic acids is 1. The van der Waals surface area contributed by atoms with E-state index in [1.165, 1.54) is 0 Å². The van der Waals surface area contributed by atoms with Crippen LogP contribution in [-0.2, 0) is 13.6 Å². The van der Waals surface area contributed by atoms with Crippen molar-refractivity contribution in [2.75, 3.05) is 5.73 Å². The number of nitrogen functional groups attached to an aromatic ring is 1. The number of hydrogen-bond donors (Lipinski definition) is 2. The van der Waals surface area contributed by atoms with Gasteiger partial charge in [-0.2, -0.15) is 0 Å². The smallest absolute Gasteiger partial charge is 0.251 e. The molecule has 0 aliphatic heterocycles. The summed E-state index contributed by atoms with van der Waals surface area (Å²) in [6.07, 6.45) is 1.94. The van der Waals surface area contributed by atoms with Crippen molar-refractivity contribution in [3.05, 3.63) is 52.3 Å². The van der Waals surface area contributed by atoms with Crippen LogP contribution in [-0.4, -0.2) is 10.5 Å². The summed E-state index contributed by atoms with van der Waals surface area (Å²) < 4.78 is 2.76. The minimum atomic E-state index is -0.129. The number of anilines is 1. The molecule has 0 aliphatic rings. The molecule has 0 atom stereocenters. The Morgan fingerprint density at radius 2 is 2.22 bits per heavy atom. The Hall–Kier alpha value is -1.75. The van der Waals surface area contributed by atoms with Gasteiger partial charge in [0.05, 0.1) is 6.54 Å². The zero-order chi connectivity index (χ0) is 13.1. The van der Waals surface area contributed by atoms with Crippen LogP contribution in [0, 0.1) is 0 Å². The minimum Gasteiger partial charge on any atom is -0.398 e. The highest BCUT2D eigenvalue weighted by molar-refractivity contribution is 9.10. The van der Waals surface area contributed by atoms with E-state index in [1.807, 2.05) is 29.9 Å². The van der Waals surface area contributed by atoms with E-state index in [0.717, 1.165) is 10.2 Å². The van der Waals surface area contributed by atoms with Gasteiger partial charge in [0.25, 0.3) is 5.91 Å². The van der Waals surface area contributed by atoms with Crippen molar-refractivity contribution in [3.8, 4) is 0 Å². The third kappa shape index (κ3) is 2.73. The number of rotatable bonds is 3. The number of nitrogens with one attached hydrogen (secondary N) is 1. The molecule has 3 N–H and O–H groups in total. The first-order valence-corrected chi connectivity index (χ1v) is 6.30. The van der Waals surface area contributed by atoms with Crippen molar-refractivity contribution in [1.82, 2.24) is 9.88 Å². The summed E-state index contributed by atoms with van der Waals surface area (Å²) >= 11 is 3.30. The summed E-state index contributed by atoms with van der Waals surface area (Å²) in [5, 5.41) is 2.86. The fourth-order valence-electron chi connectivity index (χ4n) is 1.64. The SMILES string of the molecule is Cn1cccc1CNC(=O)c1ccc(Br)c(N)c1. The Balaban J connectivity index is 2.04. The van der Waals surface area contributed by atoms with Gasteiger partial charge < -0.3 is 15.6 Å². The van der Waals surface area contributed by atoms with Gasteiger partial charge in [-0.3, -0.25) is 4.79 Å². The van der Waals surface area contributed by atoms with Crippen molar-refractivity contribution >= 4 is 27.5 Å². The Bertz CT molecular complexity index is 577. The molecule has 0 saturated heterocycles. The van der Waals surface area contributed by atoms with Gasteiger partial charge >= 0.3 is 0 Å². The predicted octanol–water partition coefficient (Wildman–Crippen LogP) is 2.30. The molecule has 0 fully saturated rings. The quantitative estimate of drug-likeness (QED) is 0.855. The monoisotopic (exact) mass is 307 g/mol. The lowest BCUT2D eigenvalue weighted by Crippen LogP contribution is -2.23. The molecule has 1 amide bonds. The van der Waals surface area contributed by atoms with E-state index >= 15 is 0 Å². The summed E-state index contributed by atoms with van der Waals surface area (Å²) in [4.78, 5) is 11.9. The van der Waals surface area contributed by atoms with E-state index in [-0.39, 0.29) is 5.91 Å². The van der Waals surface area contributed by atoms with Gasteiger partial charge in [-0.25, -0.2) is 0 Å². The molecule has 4 nitrogen and oxygen atoms in total. The minimum absolute atomic E-state index is 0.129. The first kappa shape index (κ1) is 12.7. The normalized spacial score (nSPS) is 10.3. The van der Waals surface area contributed by atoms with E-state index in [4.69, 9.17) is 5.73 Å². The van der Waals surface area contributed by atoms with Crippen LogP contribution in [0.15, 0.2) is 41.0 Å². The van der Waals surface area contributed by atoms with Crippen molar-refractivity contribution in [2.45, 2.75) is 6.54 Å². The van der Waals surface area contributed by atoms with Crippen LogP contribution in [0.25, 0.3) is 0 Å². The average molecular weight is 308 g/mol. The zero-order valence-electron chi connectivity index (χ0n) is 9.98. The van der Waals surface area contributed by atoms with Crippen molar-refractivity contribution < 1.29 is 4.79 Å². The average Bonchev–Trinajstić information content (AvgIpc) is 2.75. The van der Waals surface area contributed by atoms with Crippen LogP contribution in [0.2, 0.25) is 0 Å². The summed E-state index contributed by atoms with van der Waals surface area (Å²) in [5.74, 6) is -0.129. The van der Waals surface area contributed by atoms with Crippen molar-refractivity contribution in [2.24, 2.45) is 7.05 Å². The molecule has 2 aromatic rings. The fraction of sp³-hybridized carbons (Fsp3) is 0.154. The lowest BCUT2D eigenvalue weighted by molar-refractivity contribution is 0.0950. The second-order valence-electron chi connectivity index (χ2n) is 4.03. The largest absolute Gasteiger partial charge is 0.398 e. The van der Waals surface area contributed by atoms with Crippen LogP contribution in [0.5, 0.6) is 0 Å². The first-order chi connectivity index (χ1) is 8.58. The lowest BCUT2D eigenvalue weighted by atomic mass is 10.2. The molecule has 0 bridgehead atoms. The maximum absolute atomic E-state index is 11.9. The maximum Gasteiger partial charge on any atom is 0.251 e. The molecular weight excluding hydrogens is 294 g/mol. The number of aromatic nitrogens is 1. The summed E-state index contributed by atoms with van der Waals surface area (Å²) in [6, 6.07) is 9.08. The number of halogens is 1. The van der Waals surface area contributed by atoms with Crippen LogP contribution >= 0.6 is 15.9 Å². The van der Waals surface area contributed by atoms with E-state index in [2.05, 4.69) is 21.2 Å². The Morgan fingerprint density at radius 3 is 2.83 bits per heavy atom. The highest BCUT2D eigenvalue weighted by Gasteiger charge is 2.07. The topological polar surface area (TPSA) is 60.0 Å². The molecule has 1 aromatic carbocycles. The van der Waals surface area contributed by atoms with Gasteiger partial charge in [-0.1, -0.05) is 0 Å². The van der Waals surface area contributed by atoms with Crippen molar-refractivity contribution in [1.29, 1.82) is 0 Å². The molecule has 2 rings (SSSR count). The van der Waals surface area contributed by atoms with E-state index < -0.39 is 0 Å². The van der Waals surface area contributed by atoms with Crippen molar-refractivity contribution in [3.63, 3.8) is 0 Å². The van der Waals surface area contributed by atoms with Crippen LogP contribution in [0.4, 0.5) is 5.69 Å². The molecular formula is C13H14BrN3O. The number of amides is 1. The molecule has 1 aromatic heterocycles. The standard InChI is InChI=1S/C13H14BrN3O/c1-17-6-2-3-10(17)8-16-13(18)9-4-5-11(14)12(15)7-9/h2-7H,8,15H2,1H3,(H,16,18). The number of aryl methyl sites for hydroxylation is 1. The second kappa shape index (κ2) is 5.27. The highest BCUT2D eigenvalue weighted by Crippen LogP contribution is 2.20. The summed E-state index contributed by atoms with van der Waals surface area (Å²) in [6.45, 7) is 0.498. The molecule has 0 unspecified atom stereocenters. The van der Waals surface area contributed by atoms with Gasteiger partial charge in [0, 0.05) is 34.7 Å². The number of hydrogen-bond acceptors (Lipinski definition) is 2. The third-order valence-corrected chi connectivity index (χ3v) is 3.46. The highest BCUT2D eigenvalue weighted by atomic mass is 79.9. The van der Waals surface area contributed by atoms with Crippen LogP contribution in [0.1, 0.15) is 16.1 Å². The van der Waals surface area contributed by atoms with Gasteiger partial charge in [0.1, 0.15) is 0 Å². The fourth-order valence-corrected chi connectivity index (χ4v) is 1.88. The number of benzene rings is 1. The number of nitrogens with zero attached hydrogens (tertiary/aromatic N) is 1.